The van der Waals surface area contributed by atoms with E-state index in [1.54, 1.807) is 4.90 Å². The quantitative estimate of drug-likeness (QED) is 0.447. The summed E-state index contributed by atoms with van der Waals surface area (Å²) in [6, 6.07) is 19.0. The molecular weight excluding hydrogens is 330 g/mol. The molecule has 0 fully saturated rings. The lowest BCUT2D eigenvalue weighted by Gasteiger charge is -2.28. The topological polar surface area (TPSA) is 11.4 Å². The fraction of sp³-hybridized carbons (Fsp3) is 0.250. The van der Waals surface area contributed by atoms with Crippen molar-refractivity contribution in [3.8, 4) is 5.69 Å². The summed E-state index contributed by atoms with van der Waals surface area (Å²) in [5, 5.41) is 2.49. The van der Waals surface area contributed by atoms with E-state index < -0.39 is 6.98 Å². The van der Waals surface area contributed by atoms with E-state index in [2.05, 4.69) is 65.8 Å². The van der Waals surface area contributed by atoms with Gasteiger partial charge in [-0.3, -0.25) is 0 Å². The van der Waals surface area contributed by atoms with Crippen LogP contribution in [0.4, 0.5) is 17.1 Å². The van der Waals surface area contributed by atoms with Gasteiger partial charge in [0.15, 0.2) is 0 Å². The van der Waals surface area contributed by atoms with Crippen LogP contribution < -0.4 is 9.80 Å². The van der Waals surface area contributed by atoms with Gasteiger partial charge in [0.1, 0.15) is 0 Å². The van der Waals surface area contributed by atoms with Gasteiger partial charge in [0.25, 0.3) is 0 Å². The molecule has 1 aromatic heterocycles. The average Bonchev–Trinajstić information content (AvgIpc) is 3.24. The third kappa shape index (κ3) is 1.82. The third-order valence-electron chi connectivity index (χ3n) is 5.88. The number of para-hydroxylation sites is 2. The zero-order chi connectivity index (χ0) is 20.8. The van der Waals surface area contributed by atoms with Crippen LogP contribution >= 0.6 is 0 Å². The Morgan fingerprint density at radius 1 is 0.963 bits per heavy atom. The number of benzene rings is 3. The minimum absolute atomic E-state index is 0.336. The summed E-state index contributed by atoms with van der Waals surface area (Å²) in [7, 11) is 0. The van der Waals surface area contributed by atoms with Crippen LogP contribution in [0.2, 0.25) is 0 Å². The lowest BCUT2D eigenvalue weighted by atomic mass is 9.97. The highest BCUT2D eigenvalue weighted by Gasteiger charge is 2.35. The SMILES string of the molecule is [2H]C([2H])([2H])N1CN2c3ccccc3-n3c4cccc(CC(C)C)c4c4ccc1c2c43. The zero-order valence-corrected chi connectivity index (χ0v) is 15.5. The molecule has 6 rings (SSSR count). The highest BCUT2D eigenvalue weighted by atomic mass is 15.4. The van der Waals surface area contributed by atoms with Crippen LogP contribution in [-0.2, 0) is 6.42 Å². The van der Waals surface area contributed by atoms with E-state index in [-0.39, 0.29) is 0 Å². The lowest BCUT2D eigenvalue weighted by molar-refractivity contribution is 0.650. The van der Waals surface area contributed by atoms with Crippen LogP contribution in [0.25, 0.3) is 27.5 Å². The maximum atomic E-state index is 8.08. The predicted molar refractivity (Wildman–Crippen MR) is 115 cm³/mol. The molecule has 134 valence electrons. The molecule has 2 aliphatic heterocycles. The summed E-state index contributed by atoms with van der Waals surface area (Å²) in [6.45, 7) is 2.65. The standard InChI is InChI=1S/C24H23N3/c1-15(2)13-16-7-6-10-20-22(16)17-11-12-21-24-23(17)27(20)19-9-5-4-8-18(19)26(24)14-25(21)3/h4-12,15H,13-14H2,1-3H3/i3D3. The van der Waals surface area contributed by atoms with E-state index in [0.717, 1.165) is 34.7 Å². The van der Waals surface area contributed by atoms with Gasteiger partial charge in [-0.25, -0.2) is 0 Å². The Labute approximate surface area is 163 Å². The zero-order valence-electron chi connectivity index (χ0n) is 18.5. The van der Waals surface area contributed by atoms with Gasteiger partial charge in [-0.15, -0.1) is 0 Å². The predicted octanol–water partition coefficient (Wildman–Crippen LogP) is 5.84. The van der Waals surface area contributed by atoms with Crippen LogP contribution in [0.3, 0.4) is 0 Å². The summed E-state index contributed by atoms with van der Waals surface area (Å²) in [4.78, 5) is 3.71. The summed E-state index contributed by atoms with van der Waals surface area (Å²) < 4.78 is 26.6. The second kappa shape index (κ2) is 5.07. The molecule has 0 atom stereocenters. The molecule has 3 nitrogen and oxygen atoms in total. The van der Waals surface area contributed by atoms with Gasteiger partial charge in [0.05, 0.1) is 40.5 Å². The molecule has 0 amide bonds. The number of fused-ring (bicyclic) bond motifs is 6. The molecular formula is C24H23N3. The van der Waals surface area contributed by atoms with Crippen LogP contribution in [0.5, 0.6) is 0 Å². The molecule has 4 aromatic rings. The number of nitrogens with zero attached hydrogens (tertiary/aromatic N) is 3. The van der Waals surface area contributed by atoms with Gasteiger partial charge in [0.2, 0.25) is 0 Å². The van der Waals surface area contributed by atoms with Crippen LogP contribution in [-0.4, -0.2) is 18.2 Å². The first kappa shape index (κ1) is 12.4. The molecule has 2 aliphatic rings. The molecule has 3 aromatic carbocycles. The largest absolute Gasteiger partial charge is 0.355 e. The Balaban J connectivity index is 1.79. The first-order valence-electron chi connectivity index (χ1n) is 11.1. The van der Waals surface area contributed by atoms with Crippen molar-refractivity contribution in [1.29, 1.82) is 0 Å². The molecule has 0 N–H and O–H groups in total. The molecule has 0 unspecified atom stereocenters. The molecule has 3 heteroatoms. The minimum Gasteiger partial charge on any atom is -0.355 e. The second-order valence-electron chi connectivity index (χ2n) is 8.06. The number of hydrogen-bond acceptors (Lipinski definition) is 2. The van der Waals surface area contributed by atoms with Gasteiger partial charge in [-0.05, 0) is 48.2 Å². The average molecular weight is 356 g/mol. The summed E-state index contributed by atoms with van der Waals surface area (Å²) in [6.07, 6.45) is 1.01. The normalized spacial score (nSPS) is 16.8. The Morgan fingerprint density at radius 3 is 2.63 bits per heavy atom. The molecule has 0 bridgehead atoms. The number of hydrogen-bond donors (Lipinski definition) is 0. The van der Waals surface area contributed by atoms with Crippen molar-refractivity contribution in [2.75, 3.05) is 23.4 Å². The highest BCUT2D eigenvalue weighted by molar-refractivity contribution is 6.19. The van der Waals surface area contributed by atoms with Crippen LogP contribution in [0.1, 0.15) is 23.5 Å². The van der Waals surface area contributed by atoms with Crippen molar-refractivity contribution in [2.45, 2.75) is 20.3 Å². The Bertz CT molecular complexity index is 1330. The Hall–Kier alpha value is -2.94. The molecule has 0 spiro atoms. The van der Waals surface area contributed by atoms with Crippen LogP contribution in [0.15, 0.2) is 54.6 Å². The van der Waals surface area contributed by atoms with Crippen molar-refractivity contribution >= 4 is 38.9 Å². The van der Waals surface area contributed by atoms with Crippen molar-refractivity contribution in [2.24, 2.45) is 5.92 Å². The fourth-order valence-corrected chi connectivity index (χ4v) is 4.91. The molecule has 27 heavy (non-hydrogen) atoms. The van der Waals surface area contributed by atoms with Gasteiger partial charge < -0.3 is 14.4 Å². The molecule has 0 saturated carbocycles. The van der Waals surface area contributed by atoms with Gasteiger partial charge in [-0.2, -0.15) is 0 Å². The lowest BCUT2D eigenvalue weighted by Crippen LogP contribution is -2.26. The van der Waals surface area contributed by atoms with E-state index in [1.165, 1.54) is 21.9 Å². The smallest absolute Gasteiger partial charge is 0.0951 e. The van der Waals surface area contributed by atoms with Crippen molar-refractivity contribution < 1.29 is 4.11 Å². The van der Waals surface area contributed by atoms with E-state index in [9.17, 15) is 0 Å². The fourth-order valence-electron chi connectivity index (χ4n) is 4.91. The molecule has 0 radical (unpaired) electrons. The van der Waals surface area contributed by atoms with Crippen molar-refractivity contribution in [3.63, 3.8) is 0 Å². The van der Waals surface area contributed by atoms with Gasteiger partial charge in [-0.1, -0.05) is 38.1 Å². The monoisotopic (exact) mass is 356 g/mol. The van der Waals surface area contributed by atoms with Gasteiger partial charge >= 0.3 is 0 Å². The Morgan fingerprint density at radius 2 is 1.81 bits per heavy atom. The summed E-state index contributed by atoms with van der Waals surface area (Å²) >= 11 is 0. The van der Waals surface area contributed by atoms with E-state index in [4.69, 9.17) is 4.11 Å². The number of rotatable bonds is 2. The van der Waals surface area contributed by atoms with Gasteiger partial charge in [0, 0.05) is 21.9 Å². The second-order valence-corrected chi connectivity index (χ2v) is 8.06. The Kier molecular flexibility index (Phi) is 2.34. The minimum atomic E-state index is -2.18. The maximum Gasteiger partial charge on any atom is 0.0951 e. The maximum absolute atomic E-state index is 8.08. The number of aromatic nitrogens is 1. The molecule has 0 aliphatic carbocycles. The first-order chi connectivity index (χ1) is 14.4. The number of anilines is 3. The first-order valence-corrected chi connectivity index (χ1v) is 9.60. The van der Waals surface area contributed by atoms with E-state index in [0.29, 0.717) is 12.6 Å². The summed E-state index contributed by atoms with van der Waals surface area (Å²) in [5.74, 6) is 0.559. The third-order valence-corrected chi connectivity index (χ3v) is 5.88. The van der Waals surface area contributed by atoms with Crippen LogP contribution in [0, 0.1) is 5.92 Å². The van der Waals surface area contributed by atoms with Crippen molar-refractivity contribution in [1.82, 2.24) is 4.57 Å². The highest BCUT2D eigenvalue weighted by Crippen LogP contribution is 2.53. The van der Waals surface area contributed by atoms with Crippen molar-refractivity contribution in [3.05, 3.63) is 60.2 Å². The summed E-state index contributed by atoms with van der Waals surface area (Å²) in [5.41, 5.74) is 7.61. The molecule has 3 heterocycles. The van der Waals surface area contributed by atoms with E-state index in [1.807, 2.05) is 12.1 Å². The van der Waals surface area contributed by atoms with E-state index >= 15 is 0 Å². The molecule has 0 saturated heterocycles.